The van der Waals surface area contributed by atoms with Crippen LogP contribution in [0.5, 0.6) is 0 Å². The van der Waals surface area contributed by atoms with Crippen molar-refractivity contribution in [1.82, 2.24) is 0 Å². The van der Waals surface area contributed by atoms with Crippen molar-refractivity contribution in [2.45, 2.75) is 52.4 Å². The molecule has 0 aromatic carbocycles. The first-order valence-corrected chi connectivity index (χ1v) is 9.22. The molecule has 1 fully saturated rings. The summed E-state index contributed by atoms with van der Waals surface area (Å²) in [5, 5.41) is 1.96. The van der Waals surface area contributed by atoms with Crippen molar-refractivity contribution in [3.05, 3.63) is 21.4 Å². The summed E-state index contributed by atoms with van der Waals surface area (Å²) in [7, 11) is 1.45. The van der Waals surface area contributed by atoms with Crippen LogP contribution in [0.25, 0.3) is 0 Å². The molecule has 0 bridgehead atoms. The monoisotopic (exact) mass is 324 g/mol. The Hall–Kier alpha value is -0.870. The van der Waals surface area contributed by atoms with Gasteiger partial charge in [0.25, 0.3) is 0 Å². The fourth-order valence-corrected chi connectivity index (χ4v) is 4.95. The van der Waals surface area contributed by atoms with Gasteiger partial charge in [0.1, 0.15) is 0 Å². The second kappa shape index (κ2) is 8.11. The van der Waals surface area contributed by atoms with Gasteiger partial charge in [-0.1, -0.05) is 20.3 Å². The van der Waals surface area contributed by atoms with E-state index in [4.69, 9.17) is 9.47 Å². The maximum atomic E-state index is 11.8. The summed E-state index contributed by atoms with van der Waals surface area (Å²) in [6.07, 6.45) is 4.80. The quantitative estimate of drug-likeness (QED) is 0.706. The molecule has 0 aliphatic carbocycles. The zero-order valence-corrected chi connectivity index (χ0v) is 15.0. The van der Waals surface area contributed by atoms with E-state index in [1.807, 2.05) is 5.38 Å². The third kappa shape index (κ3) is 3.72. The molecule has 1 aromatic rings. The molecule has 22 heavy (non-hydrogen) atoms. The lowest BCUT2D eigenvalue weighted by Gasteiger charge is -2.34. The molecule has 0 radical (unpaired) electrons. The SMILES string of the molecule is CCCC(C1CCOCC1)C(C)c1scc(C(=O)OC)c1C. The van der Waals surface area contributed by atoms with Crippen LogP contribution < -0.4 is 0 Å². The lowest BCUT2D eigenvalue weighted by atomic mass is 9.75. The molecule has 1 aliphatic rings. The molecule has 0 spiro atoms. The summed E-state index contributed by atoms with van der Waals surface area (Å²) in [6, 6.07) is 0. The van der Waals surface area contributed by atoms with Crippen LogP contribution in [0.3, 0.4) is 0 Å². The Morgan fingerprint density at radius 1 is 1.45 bits per heavy atom. The number of ether oxygens (including phenoxy) is 2. The minimum absolute atomic E-state index is 0.217. The van der Waals surface area contributed by atoms with Crippen LogP contribution in [-0.2, 0) is 9.47 Å². The van der Waals surface area contributed by atoms with Gasteiger partial charge in [0.05, 0.1) is 12.7 Å². The van der Waals surface area contributed by atoms with Gasteiger partial charge in [-0.3, -0.25) is 0 Å². The van der Waals surface area contributed by atoms with E-state index in [1.54, 1.807) is 11.3 Å². The zero-order valence-electron chi connectivity index (χ0n) is 14.2. The van der Waals surface area contributed by atoms with E-state index >= 15 is 0 Å². The fourth-order valence-electron chi connectivity index (χ4n) is 3.76. The van der Waals surface area contributed by atoms with Crippen molar-refractivity contribution in [3.8, 4) is 0 Å². The topological polar surface area (TPSA) is 35.5 Å². The van der Waals surface area contributed by atoms with Crippen LogP contribution in [0.1, 0.15) is 66.2 Å². The Balaban J connectivity index is 2.21. The third-order valence-electron chi connectivity index (χ3n) is 5.03. The first kappa shape index (κ1) is 17.5. The Labute approximate surface area is 138 Å². The van der Waals surface area contributed by atoms with Crippen LogP contribution in [0.4, 0.5) is 0 Å². The van der Waals surface area contributed by atoms with E-state index in [0.717, 1.165) is 30.3 Å². The maximum absolute atomic E-state index is 11.8. The molecule has 2 rings (SSSR count). The highest BCUT2D eigenvalue weighted by Gasteiger charge is 2.31. The minimum Gasteiger partial charge on any atom is -0.465 e. The van der Waals surface area contributed by atoms with Gasteiger partial charge in [0.2, 0.25) is 0 Å². The van der Waals surface area contributed by atoms with E-state index in [1.165, 1.54) is 37.7 Å². The summed E-state index contributed by atoms with van der Waals surface area (Å²) in [6.45, 7) is 8.44. The van der Waals surface area contributed by atoms with E-state index in [0.29, 0.717) is 11.8 Å². The molecule has 0 amide bonds. The highest BCUT2D eigenvalue weighted by atomic mass is 32.1. The highest BCUT2D eigenvalue weighted by molar-refractivity contribution is 7.10. The van der Waals surface area contributed by atoms with Gasteiger partial charge in [0.15, 0.2) is 0 Å². The summed E-state index contributed by atoms with van der Waals surface area (Å²) in [5.74, 6) is 1.69. The van der Waals surface area contributed by atoms with Crippen LogP contribution >= 0.6 is 11.3 Å². The van der Waals surface area contributed by atoms with Gasteiger partial charge in [-0.15, -0.1) is 11.3 Å². The molecule has 1 aliphatic heterocycles. The predicted molar refractivity (Wildman–Crippen MR) is 90.8 cm³/mol. The Morgan fingerprint density at radius 3 is 2.73 bits per heavy atom. The van der Waals surface area contributed by atoms with Crippen LogP contribution in [0.2, 0.25) is 0 Å². The number of thiophene rings is 1. The van der Waals surface area contributed by atoms with Crippen molar-refractivity contribution in [3.63, 3.8) is 0 Å². The Kier molecular flexibility index (Phi) is 6.45. The third-order valence-corrected chi connectivity index (χ3v) is 6.32. The number of carbonyl (C=O) groups excluding carboxylic acids is 1. The normalized spacial score (nSPS) is 18.9. The van der Waals surface area contributed by atoms with Gasteiger partial charge >= 0.3 is 5.97 Å². The molecule has 2 atom stereocenters. The van der Waals surface area contributed by atoms with Crippen molar-refractivity contribution < 1.29 is 14.3 Å². The molecule has 4 heteroatoms. The standard InChI is InChI=1S/C18H28O3S/c1-5-6-15(14-7-9-21-10-8-14)12(2)17-13(3)16(11-22-17)18(19)20-4/h11-12,14-15H,5-10H2,1-4H3. The molecular weight excluding hydrogens is 296 g/mol. The number of carbonyl (C=O) groups is 1. The number of hydrogen-bond donors (Lipinski definition) is 0. The molecule has 2 unspecified atom stereocenters. The second-order valence-electron chi connectivity index (χ2n) is 6.32. The summed E-state index contributed by atoms with van der Waals surface area (Å²) < 4.78 is 10.4. The number of rotatable bonds is 6. The predicted octanol–water partition coefficient (Wildman–Crippen LogP) is 4.79. The molecule has 3 nitrogen and oxygen atoms in total. The van der Waals surface area contributed by atoms with Gasteiger partial charge in [-0.05, 0) is 49.5 Å². The largest absolute Gasteiger partial charge is 0.465 e. The Morgan fingerprint density at radius 2 is 2.14 bits per heavy atom. The second-order valence-corrected chi connectivity index (χ2v) is 7.23. The van der Waals surface area contributed by atoms with Crippen LogP contribution in [0, 0.1) is 18.8 Å². The van der Waals surface area contributed by atoms with Gasteiger partial charge < -0.3 is 9.47 Å². The molecule has 0 saturated carbocycles. The Bertz CT molecular complexity index is 489. The van der Waals surface area contributed by atoms with E-state index in [2.05, 4.69) is 20.8 Å². The van der Waals surface area contributed by atoms with E-state index in [9.17, 15) is 4.79 Å². The first-order chi connectivity index (χ1) is 10.6. The first-order valence-electron chi connectivity index (χ1n) is 8.34. The number of methoxy groups -OCH3 is 1. The van der Waals surface area contributed by atoms with E-state index in [-0.39, 0.29) is 5.97 Å². The molecule has 1 aromatic heterocycles. The number of hydrogen-bond acceptors (Lipinski definition) is 4. The van der Waals surface area contributed by atoms with Crippen molar-refractivity contribution in [2.24, 2.45) is 11.8 Å². The summed E-state index contributed by atoms with van der Waals surface area (Å²) >= 11 is 1.71. The van der Waals surface area contributed by atoms with Crippen molar-refractivity contribution in [2.75, 3.05) is 20.3 Å². The highest BCUT2D eigenvalue weighted by Crippen LogP contribution is 2.41. The van der Waals surface area contributed by atoms with E-state index < -0.39 is 0 Å². The average molecular weight is 324 g/mol. The van der Waals surface area contributed by atoms with Gasteiger partial charge in [-0.25, -0.2) is 4.79 Å². The molecule has 0 N–H and O–H groups in total. The van der Waals surface area contributed by atoms with Gasteiger partial charge in [0, 0.05) is 23.5 Å². The summed E-state index contributed by atoms with van der Waals surface area (Å²) in [5.41, 5.74) is 1.84. The fraction of sp³-hybridized carbons (Fsp3) is 0.722. The van der Waals surface area contributed by atoms with Crippen LogP contribution in [-0.4, -0.2) is 26.3 Å². The lowest BCUT2D eigenvalue weighted by Crippen LogP contribution is -2.27. The molecule has 1 saturated heterocycles. The lowest BCUT2D eigenvalue weighted by molar-refractivity contribution is 0.0404. The molecular formula is C18H28O3S. The van der Waals surface area contributed by atoms with Gasteiger partial charge in [-0.2, -0.15) is 0 Å². The zero-order chi connectivity index (χ0) is 16.1. The molecule has 124 valence electrons. The summed E-state index contributed by atoms with van der Waals surface area (Å²) in [4.78, 5) is 13.2. The number of esters is 1. The van der Waals surface area contributed by atoms with Crippen LogP contribution in [0.15, 0.2) is 5.38 Å². The average Bonchev–Trinajstić information content (AvgIpc) is 2.93. The smallest absolute Gasteiger partial charge is 0.338 e. The van der Waals surface area contributed by atoms with Crippen molar-refractivity contribution >= 4 is 17.3 Å². The maximum Gasteiger partial charge on any atom is 0.338 e. The molecule has 2 heterocycles. The van der Waals surface area contributed by atoms with Crippen molar-refractivity contribution in [1.29, 1.82) is 0 Å². The minimum atomic E-state index is -0.217.